The minimum Gasteiger partial charge on any atom is -0.480 e. The van der Waals surface area contributed by atoms with Gasteiger partial charge in [-0.25, -0.2) is 9.59 Å². The molecular weight excluding hydrogens is 436 g/mol. The molecule has 8 nitrogen and oxygen atoms in total. The maximum atomic E-state index is 12.9. The van der Waals surface area contributed by atoms with E-state index < -0.39 is 36.2 Å². The number of methoxy groups -OCH3 is 1. The van der Waals surface area contributed by atoms with Crippen LogP contribution in [0.3, 0.4) is 0 Å². The molecule has 0 heterocycles. The average molecular weight is 469 g/mol. The van der Waals surface area contributed by atoms with E-state index >= 15 is 0 Å². The molecule has 0 spiro atoms. The molecule has 0 radical (unpaired) electrons. The number of ether oxygens (including phenoxy) is 2. The number of alkyl carbamates (subject to hydrolysis) is 1. The lowest BCUT2D eigenvalue weighted by molar-refractivity contribution is -0.144. The highest BCUT2D eigenvalue weighted by Crippen LogP contribution is 2.44. The van der Waals surface area contributed by atoms with Gasteiger partial charge in [-0.3, -0.25) is 4.79 Å². The van der Waals surface area contributed by atoms with Crippen molar-refractivity contribution in [3.05, 3.63) is 59.7 Å². The van der Waals surface area contributed by atoms with Gasteiger partial charge in [0.2, 0.25) is 5.91 Å². The minimum atomic E-state index is -1.13. The summed E-state index contributed by atoms with van der Waals surface area (Å²) in [4.78, 5) is 37.2. The molecule has 1 aliphatic rings. The van der Waals surface area contributed by atoms with Crippen LogP contribution < -0.4 is 10.6 Å². The van der Waals surface area contributed by atoms with Crippen molar-refractivity contribution in [2.75, 3.05) is 13.7 Å². The van der Waals surface area contributed by atoms with E-state index in [4.69, 9.17) is 9.47 Å². The molecule has 2 amide bonds. The van der Waals surface area contributed by atoms with Crippen LogP contribution >= 0.6 is 0 Å². The Kier molecular flexibility index (Phi) is 8.28. The number of carbonyl (C=O) groups excluding carboxylic acids is 2. The third-order valence-corrected chi connectivity index (χ3v) is 6.52. The second-order valence-electron chi connectivity index (χ2n) is 8.60. The van der Waals surface area contributed by atoms with Gasteiger partial charge in [0.05, 0.1) is 6.10 Å². The van der Waals surface area contributed by atoms with Crippen LogP contribution in [0.1, 0.15) is 44.2 Å². The van der Waals surface area contributed by atoms with Crippen LogP contribution in [0, 0.1) is 5.92 Å². The van der Waals surface area contributed by atoms with Gasteiger partial charge in [0.25, 0.3) is 0 Å². The van der Waals surface area contributed by atoms with Gasteiger partial charge in [-0.05, 0) is 35.1 Å². The maximum absolute atomic E-state index is 12.9. The van der Waals surface area contributed by atoms with Gasteiger partial charge in [-0.2, -0.15) is 0 Å². The zero-order valence-corrected chi connectivity index (χ0v) is 19.9. The average Bonchev–Trinajstić information content (AvgIpc) is 3.17. The van der Waals surface area contributed by atoms with E-state index in [9.17, 15) is 19.5 Å². The van der Waals surface area contributed by atoms with Crippen LogP contribution in [-0.2, 0) is 19.1 Å². The van der Waals surface area contributed by atoms with E-state index in [0.717, 1.165) is 22.3 Å². The summed E-state index contributed by atoms with van der Waals surface area (Å²) in [5.74, 6) is -2.18. The number of benzene rings is 2. The van der Waals surface area contributed by atoms with E-state index in [1.165, 1.54) is 7.11 Å². The summed E-state index contributed by atoms with van der Waals surface area (Å²) in [5.41, 5.74) is 4.38. The number of carboxylic acids is 1. The smallest absolute Gasteiger partial charge is 0.407 e. The molecule has 34 heavy (non-hydrogen) atoms. The molecule has 3 N–H and O–H groups in total. The topological polar surface area (TPSA) is 114 Å². The molecular formula is C26H32N2O6. The van der Waals surface area contributed by atoms with Crippen molar-refractivity contribution in [2.24, 2.45) is 5.92 Å². The lowest BCUT2D eigenvalue weighted by atomic mass is 9.98. The summed E-state index contributed by atoms with van der Waals surface area (Å²) < 4.78 is 10.8. The molecule has 2 aromatic carbocycles. The van der Waals surface area contributed by atoms with Gasteiger partial charge in [-0.15, -0.1) is 0 Å². The molecule has 0 fully saturated rings. The largest absolute Gasteiger partial charge is 0.480 e. The monoisotopic (exact) mass is 468 g/mol. The first-order chi connectivity index (χ1) is 16.3. The number of rotatable bonds is 10. The fourth-order valence-electron chi connectivity index (χ4n) is 4.23. The normalized spacial score (nSPS) is 15.9. The molecule has 8 heteroatoms. The fourth-order valence-corrected chi connectivity index (χ4v) is 4.23. The molecule has 1 aliphatic carbocycles. The molecule has 0 saturated carbocycles. The predicted molar refractivity (Wildman–Crippen MR) is 127 cm³/mol. The number of aliphatic carboxylic acids is 1. The number of carbonyl (C=O) groups is 3. The number of amides is 2. The molecule has 2 unspecified atom stereocenters. The molecule has 2 aromatic rings. The van der Waals surface area contributed by atoms with Gasteiger partial charge in [0.15, 0.2) is 0 Å². The Bertz CT molecular complexity index is 994. The highest BCUT2D eigenvalue weighted by molar-refractivity contribution is 5.90. The maximum Gasteiger partial charge on any atom is 0.407 e. The van der Waals surface area contributed by atoms with Crippen molar-refractivity contribution >= 4 is 18.0 Å². The zero-order chi connectivity index (χ0) is 24.8. The minimum absolute atomic E-state index is 0.0974. The summed E-state index contributed by atoms with van der Waals surface area (Å²) in [5, 5.41) is 14.6. The first-order valence-corrected chi connectivity index (χ1v) is 11.5. The van der Waals surface area contributed by atoms with Gasteiger partial charge in [0, 0.05) is 13.0 Å². The Morgan fingerprint density at radius 1 is 0.941 bits per heavy atom. The highest BCUT2D eigenvalue weighted by atomic mass is 16.5. The van der Waals surface area contributed by atoms with Gasteiger partial charge < -0.3 is 25.2 Å². The molecule has 0 aliphatic heterocycles. The summed E-state index contributed by atoms with van der Waals surface area (Å²) in [7, 11) is 1.41. The van der Waals surface area contributed by atoms with Crippen molar-refractivity contribution < 1.29 is 29.0 Å². The Morgan fingerprint density at radius 2 is 1.50 bits per heavy atom. The number of hydrogen-bond donors (Lipinski definition) is 3. The van der Waals surface area contributed by atoms with E-state index in [1.807, 2.05) is 55.5 Å². The molecule has 0 bridgehead atoms. The summed E-state index contributed by atoms with van der Waals surface area (Å²) in [6, 6.07) is 13.8. The third kappa shape index (κ3) is 5.39. The van der Waals surface area contributed by atoms with Crippen LogP contribution in [0.25, 0.3) is 11.1 Å². The lowest BCUT2D eigenvalue weighted by Gasteiger charge is -2.27. The number of nitrogens with one attached hydrogen (secondary N) is 2. The molecule has 182 valence electrons. The van der Waals surface area contributed by atoms with Crippen LogP contribution in [0.15, 0.2) is 48.5 Å². The van der Waals surface area contributed by atoms with E-state index in [2.05, 4.69) is 10.6 Å². The van der Waals surface area contributed by atoms with E-state index in [-0.39, 0.29) is 18.4 Å². The number of hydrogen-bond acceptors (Lipinski definition) is 5. The zero-order valence-electron chi connectivity index (χ0n) is 19.9. The van der Waals surface area contributed by atoms with Crippen LogP contribution in [0.5, 0.6) is 0 Å². The Balaban J connectivity index is 1.69. The fraction of sp³-hybridized carbons (Fsp3) is 0.423. The van der Waals surface area contributed by atoms with Crippen LogP contribution in [0.4, 0.5) is 4.79 Å². The van der Waals surface area contributed by atoms with Crippen LogP contribution in [-0.4, -0.2) is 55.0 Å². The van der Waals surface area contributed by atoms with Gasteiger partial charge in [-0.1, -0.05) is 68.8 Å². The second-order valence-corrected chi connectivity index (χ2v) is 8.60. The quantitative estimate of drug-likeness (QED) is 0.491. The van der Waals surface area contributed by atoms with Gasteiger partial charge >= 0.3 is 12.1 Å². The van der Waals surface area contributed by atoms with E-state index in [1.54, 1.807) is 13.8 Å². The predicted octanol–water partition coefficient (Wildman–Crippen LogP) is 3.54. The second kappa shape index (κ2) is 11.2. The lowest BCUT2D eigenvalue weighted by Crippen LogP contribution is -2.57. The summed E-state index contributed by atoms with van der Waals surface area (Å²) in [6.07, 6.45) is -0.908. The standard InChI is InChI=1S/C26H32N2O6/c1-5-15(2)22(25(30)31)27-24(29)23(16(3)33-4)28-26(32)34-14-21-19-12-8-6-10-17(19)18-11-7-9-13-20(18)21/h6-13,15-16,21-23H,5,14H2,1-4H3,(H,27,29)(H,28,32)(H,30,31)/t15-,16?,22-,23?/m0/s1. The number of fused-ring (bicyclic) bond motifs is 3. The molecule has 3 rings (SSSR count). The van der Waals surface area contributed by atoms with Gasteiger partial charge in [0.1, 0.15) is 18.7 Å². The molecule has 0 aromatic heterocycles. The van der Waals surface area contributed by atoms with Crippen molar-refractivity contribution in [2.45, 2.75) is 51.3 Å². The molecule has 4 atom stereocenters. The van der Waals surface area contributed by atoms with E-state index in [0.29, 0.717) is 6.42 Å². The Labute approximate surface area is 199 Å². The number of carboxylic acid groups (broad SMARTS) is 1. The SMILES string of the molecule is CC[C@H](C)[C@H](NC(=O)C(NC(=O)OCC1c2ccccc2-c2ccccc21)C(C)OC)C(=O)O. The first-order valence-electron chi connectivity index (χ1n) is 11.5. The van der Waals surface area contributed by atoms with Crippen molar-refractivity contribution in [1.29, 1.82) is 0 Å². The summed E-state index contributed by atoms with van der Waals surface area (Å²) >= 11 is 0. The van der Waals surface area contributed by atoms with Crippen molar-refractivity contribution in [3.8, 4) is 11.1 Å². The highest BCUT2D eigenvalue weighted by Gasteiger charge is 2.34. The Hall–Kier alpha value is -3.39. The van der Waals surface area contributed by atoms with Crippen molar-refractivity contribution in [1.82, 2.24) is 10.6 Å². The first kappa shape index (κ1) is 25.2. The third-order valence-electron chi connectivity index (χ3n) is 6.52. The summed E-state index contributed by atoms with van der Waals surface area (Å²) in [6.45, 7) is 5.30. The van der Waals surface area contributed by atoms with Crippen molar-refractivity contribution in [3.63, 3.8) is 0 Å². The Morgan fingerprint density at radius 3 is 2.00 bits per heavy atom. The molecule has 0 saturated heterocycles. The van der Waals surface area contributed by atoms with Crippen LogP contribution in [0.2, 0.25) is 0 Å².